The Morgan fingerprint density at radius 1 is 1.07 bits per heavy atom. The molecule has 1 heterocycles. The highest BCUT2D eigenvalue weighted by Gasteiger charge is 2.15. The average molecular weight is 395 g/mol. The van der Waals surface area contributed by atoms with Gasteiger partial charge in [0, 0.05) is 10.9 Å². The number of azo groups is 1. The minimum absolute atomic E-state index is 0.0225. The van der Waals surface area contributed by atoms with Crippen molar-refractivity contribution in [3.05, 3.63) is 47.5 Å². The van der Waals surface area contributed by atoms with Crippen LogP contribution in [0.3, 0.4) is 0 Å². The highest BCUT2D eigenvalue weighted by atomic mass is 16.5. The zero-order chi connectivity index (χ0) is 21.1. The van der Waals surface area contributed by atoms with Crippen LogP contribution in [0.15, 0.2) is 46.6 Å². The standard InChI is InChI=1S/C22H25N3O4/c1-12(2)14-6-8-17-16(10-14)20(22(27)23-17)24-25-21(26)15-7-9-18(29-13(3)4)19(11-15)28-5/h6-13,23,27H,1-5H3. The molecule has 1 aromatic heterocycles. The summed E-state index contributed by atoms with van der Waals surface area (Å²) >= 11 is 0. The number of rotatable bonds is 6. The lowest BCUT2D eigenvalue weighted by Gasteiger charge is -2.13. The van der Waals surface area contributed by atoms with Crippen LogP contribution >= 0.6 is 0 Å². The monoisotopic (exact) mass is 395 g/mol. The van der Waals surface area contributed by atoms with E-state index in [0.29, 0.717) is 28.4 Å². The molecule has 7 heteroatoms. The van der Waals surface area contributed by atoms with Crippen LogP contribution in [0, 0.1) is 0 Å². The summed E-state index contributed by atoms with van der Waals surface area (Å²) < 4.78 is 11.0. The van der Waals surface area contributed by atoms with Crippen molar-refractivity contribution in [1.29, 1.82) is 0 Å². The number of H-pyrrole nitrogens is 1. The molecule has 0 unspecified atom stereocenters. The lowest BCUT2D eigenvalue weighted by atomic mass is 10.0. The largest absolute Gasteiger partial charge is 0.493 e. The molecule has 0 fully saturated rings. The molecule has 0 radical (unpaired) electrons. The number of methoxy groups -OCH3 is 1. The minimum Gasteiger partial charge on any atom is -0.493 e. The summed E-state index contributed by atoms with van der Waals surface area (Å²) in [5.74, 6) is 0.633. The Morgan fingerprint density at radius 3 is 2.48 bits per heavy atom. The molecule has 2 N–H and O–H groups in total. The van der Waals surface area contributed by atoms with Crippen molar-refractivity contribution >= 4 is 22.5 Å². The van der Waals surface area contributed by atoms with Crippen molar-refractivity contribution < 1.29 is 19.4 Å². The van der Waals surface area contributed by atoms with E-state index in [0.717, 1.165) is 11.1 Å². The van der Waals surface area contributed by atoms with Gasteiger partial charge >= 0.3 is 0 Å². The number of fused-ring (bicyclic) bond motifs is 1. The van der Waals surface area contributed by atoms with Crippen molar-refractivity contribution in [2.45, 2.75) is 39.7 Å². The van der Waals surface area contributed by atoms with E-state index < -0.39 is 5.91 Å². The van der Waals surface area contributed by atoms with Crippen LogP contribution in [-0.2, 0) is 0 Å². The third kappa shape index (κ3) is 4.39. The molecular formula is C22H25N3O4. The lowest BCUT2D eigenvalue weighted by Crippen LogP contribution is -2.07. The van der Waals surface area contributed by atoms with Gasteiger partial charge in [0.05, 0.1) is 18.7 Å². The molecule has 29 heavy (non-hydrogen) atoms. The van der Waals surface area contributed by atoms with Crippen LogP contribution in [0.5, 0.6) is 17.4 Å². The second kappa shape index (κ2) is 8.34. The Hall–Kier alpha value is -3.35. The summed E-state index contributed by atoms with van der Waals surface area (Å²) in [5.41, 5.74) is 2.38. The quantitative estimate of drug-likeness (QED) is 0.522. The van der Waals surface area contributed by atoms with E-state index in [4.69, 9.17) is 9.47 Å². The predicted molar refractivity (Wildman–Crippen MR) is 112 cm³/mol. The smallest absolute Gasteiger partial charge is 0.295 e. The summed E-state index contributed by atoms with van der Waals surface area (Å²) in [4.78, 5) is 15.4. The normalized spacial score (nSPS) is 11.7. The lowest BCUT2D eigenvalue weighted by molar-refractivity contribution is 0.0994. The molecule has 0 aliphatic rings. The van der Waals surface area contributed by atoms with Gasteiger partial charge in [-0.15, -0.1) is 10.2 Å². The first-order valence-corrected chi connectivity index (χ1v) is 9.45. The molecule has 0 aliphatic carbocycles. The van der Waals surface area contributed by atoms with Crippen molar-refractivity contribution in [3.8, 4) is 17.4 Å². The zero-order valence-electron chi connectivity index (χ0n) is 17.2. The number of aromatic nitrogens is 1. The van der Waals surface area contributed by atoms with Gasteiger partial charge in [-0.3, -0.25) is 4.79 Å². The Labute approximate surface area is 169 Å². The average Bonchev–Trinajstić information content (AvgIpc) is 3.00. The maximum atomic E-state index is 12.5. The van der Waals surface area contributed by atoms with Crippen LogP contribution in [0.4, 0.5) is 5.69 Å². The van der Waals surface area contributed by atoms with Gasteiger partial charge < -0.3 is 19.6 Å². The number of aromatic hydroxyl groups is 1. The molecule has 0 spiro atoms. The third-order valence-electron chi connectivity index (χ3n) is 4.46. The highest BCUT2D eigenvalue weighted by Crippen LogP contribution is 2.37. The Kier molecular flexibility index (Phi) is 5.87. The number of aromatic amines is 1. The van der Waals surface area contributed by atoms with Gasteiger partial charge in [-0.25, -0.2) is 0 Å². The molecule has 3 rings (SSSR count). The van der Waals surface area contributed by atoms with Gasteiger partial charge in [-0.1, -0.05) is 19.9 Å². The number of nitrogens with zero attached hydrogens (tertiary/aromatic N) is 2. The molecule has 0 atom stereocenters. The molecule has 152 valence electrons. The van der Waals surface area contributed by atoms with Gasteiger partial charge in [-0.2, -0.15) is 0 Å². The number of hydrogen-bond acceptors (Lipinski definition) is 5. The van der Waals surface area contributed by atoms with Crippen LogP contribution in [0.1, 0.15) is 49.5 Å². The van der Waals surface area contributed by atoms with E-state index in [1.807, 2.05) is 32.0 Å². The van der Waals surface area contributed by atoms with Gasteiger partial charge in [0.25, 0.3) is 5.91 Å². The number of benzene rings is 2. The van der Waals surface area contributed by atoms with Gasteiger partial charge in [0.1, 0.15) is 0 Å². The van der Waals surface area contributed by atoms with Crippen LogP contribution in [-0.4, -0.2) is 29.2 Å². The number of carbonyl (C=O) groups is 1. The number of hydrogen-bond donors (Lipinski definition) is 2. The number of ether oxygens (including phenoxy) is 2. The molecule has 0 saturated carbocycles. The number of carbonyl (C=O) groups excluding carboxylic acids is 1. The first-order chi connectivity index (χ1) is 13.8. The third-order valence-corrected chi connectivity index (χ3v) is 4.46. The van der Waals surface area contributed by atoms with E-state index in [9.17, 15) is 9.90 Å². The molecule has 0 aliphatic heterocycles. The minimum atomic E-state index is -0.548. The molecule has 1 amide bonds. The topological polar surface area (TPSA) is 96.3 Å². The summed E-state index contributed by atoms with van der Waals surface area (Å²) in [5, 5.41) is 18.7. The van der Waals surface area contributed by atoms with E-state index in [-0.39, 0.29) is 17.7 Å². The first kappa shape index (κ1) is 20.4. The van der Waals surface area contributed by atoms with E-state index in [1.54, 1.807) is 18.2 Å². The second-order valence-electron chi connectivity index (χ2n) is 7.32. The summed E-state index contributed by atoms with van der Waals surface area (Å²) in [7, 11) is 1.51. The summed E-state index contributed by atoms with van der Waals surface area (Å²) in [6.45, 7) is 7.98. The fraction of sp³-hybridized carbons (Fsp3) is 0.318. The maximum Gasteiger partial charge on any atom is 0.295 e. The fourth-order valence-electron chi connectivity index (χ4n) is 2.95. The highest BCUT2D eigenvalue weighted by molar-refractivity contribution is 5.97. The molecule has 0 saturated heterocycles. The van der Waals surface area contributed by atoms with E-state index in [2.05, 4.69) is 29.1 Å². The van der Waals surface area contributed by atoms with Crippen molar-refractivity contribution in [3.63, 3.8) is 0 Å². The second-order valence-corrected chi connectivity index (χ2v) is 7.32. The zero-order valence-corrected chi connectivity index (χ0v) is 17.2. The Balaban J connectivity index is 1.91. The van der Waals surface area contributed by atoms with E-state index in [1.165, 1.54) is 7.11 Å². The van der Waals surface area contributed by atoms with Crippen LogP contribution < -0.4 is 9.47 Å². The van der Waals surface area contributed by atoms with Crippen LogP contribution in [0.2, 0.25) is 0 Å². The molecule has 7 nitrogen and oxygen atoms in total. The molecule has 0 bridgehead atoms. The Bertz CT molecular complexity index is 1070. The predicted octanol–water partition coefficient (Wildman–Crippen LogP) is 5.72. The molecular weight excluding hydrogens is 370 g/mol. The van der Waals surface area contributed by atoms with Gasteiger partial charge in [0.2, 0.25) is 5.88 Å². The van der Waals surface area contributed by atoms with Crippen molar-refractivity contribution in [1.82, 2.24) is 4.98 Å². The molecule has 3 aromatic rings. The summed E-state index contributed by atoms with van der Waals surface area (Å²) in [6.07, 6.45) is -0.0225. The van der Waals surface area contributed by atoms with Gasteiger partial charge in [0.15, 0.2) is 17.2 Å². The van der Waals surface area contributed by atoms with Crippen molar-refractivity contribution in [2.24, 2.45) is 10.2 Å². The van der Waals surface area contributed by atoms with Gasteiger partial charge in [-0.05, 0) is 55.7 Å². The van der Waals surface area contributed by atoms with Crippen LogP contribution in [0.25, 0.3) is 10.9 Å². The number of nitrogens with one attached hydrogen (secondary N) is 1. The fourth-order valence-corrected chi connectivity index (χ4v) is 2.95. The first-order valence-electron chi connectivity index (χ1n) is 9.45. The Morgan fingerprint density at radius 2 is 1.83 bits per heavy atom. The van der Waals surface area contributed by atoms with E-state index >= 15 is 0 Å². The maximum absolute atomic E-state index is 12.5. The molecule has 2 aromatic carbocycles. The SMILES string of the molecule is COc1cc(C(=O)N=Nc2c(O)[nH]c3ccc(C(C)C)cc23)ccc1OC(C)C. The number of amides is 1. The summed E-state index contributed by atoms with van der Waals surface area (Å²) in [6, 6.07) is 10.6. The van der Waals surface area contributed by atoms with Crippen molar-refractivity contribution in [2.75, 3.05) is 7.11 Å².